The third-order valence-corrected chi connectivity index (χ3v) is 16.0. The van der Waals surface area contributed by atoms with Crippen LogP contribution in [-0.4, -0.2) is 89.0 Å². The van der Waals surface area contributed by atoms with E-state index in [-0.39, 0.29) is 46.3 Å². The average Bonchev–Trinajstić information content (AvgIpc) is 2.02. The maximum Gasteiger partial charge on any atom is 0.320 e. The molecule has 0 aliphatic heterocycles. The van der Waals surface area contributed by atoms with E-state index < -0.39 is 0 Å². The first kappa shape index (κ1) is 13.6. The fraction of sp³-hybridized carbons (Fsp3) is 1.00. The Labute approximate surface area is 106 Å². The molecule has 0 saturated heterocycles. The van der Waals surface area contributed by atoms with E-state index in [0.29, 0.717) is 0 Å². The molecule has 0 aromatic rings. The van der Waals surface area contributed by atoms with Crippen LogP contribution < -0.4 is 0 Å². The molecule has 58 valence electrons. The molecule has 0 saturated carbocycles. The highest BCUT2D eigenvalue weighted by atomic mass is 27.3. The van der Waals surface area contributed by atoms with Crippen molar-refractivity contribution in [3.63, 3.8) is 0 Å². The minimum absolute atomic E-state index is 0.154. The normalized spacial score (nSPS) is 13.2. The van der Waals surface area contributed by atoms with Crippen LogP contribution >= 0.6 is 0 Å². The molecular formula is C4H17Al5N2. The van der Waals surface area contributed by atoms with Crippen LogP contribution in [0.3, 0.4) is 0 Å². The molecule has 0 spiro atoms. The Bertz CT molecular complexity index is 102. The zero-order valence-electron chi connectivity index (χ0n) is 8.59. The monoisotopic (exact) mass is 228 g/mol. The summed E-state index contributed by atoms with van der Waals surface area (Å²) in [5.41, 5.74) is 0. The zero-order valence-corrected chi connectivity index (χ0v) is 16.8. The van der Waals surface area contributed by atoms with Crippen LogP contribution in [0.5, 0.6) is 0 Å². The molecule has 11 heavy (non-hydrogen) atoms. The minimum Gasteiger partial charge on any atom is -0.569 e. The highest BCUT2D eigenvalue weighted by molar-refractivity contribution is 6.61. The van der Waals surface area contributed by atoms with Gasteiger partial charge in [0.05, 0.1) is 0 Å². The van der Waals surface area contributed by atoms with Gasteiger partial charge in [0, 0.05) is 0 Å². The molecule has 0 aromatic heterocycles. The van der Waals surface area contributed by atoms with Crippen molar-refractivity contribution < 1.29 is 0 Å². The molecule has 0 N–H and O–H groups in total. The largest absolute Gasteiger partial charge is 0.569 e. The van der Waals surface area contributed by atoms with Crippen LogP contribution in [0.25, 0.3) is 0 Å². The summed E-state index contributed by atoms with van der Waals surface area (Å²) in [5, 5.41) is 0. The van der Waals surface area contributed by atoms with Crippen molar-refractivity contribution in [1.82, 2.24) is 4.72 Å². The number of hydrogen-bond acceptors (Lipinski definition) is 2. The second kappa shape index (κ2) is 7.94. The molecule has 0 bridgehead atoms. The van der Waals surface area contributed by atoms with E-state index in [4.69, 9.17) is 0 Å². The van der Waals surface area contributed by atoms with Crippen molar-refractivity contribution in [2.75, 3.05) is 0 Å². The lowest BCUT2D eigenvalue weighted by atomic mass is 10.8. The van der Waals surface area contributed by atoms with Gasteiger partial charge < -0.3 is 4.72 Å². The molecule has 1 unspecified atom stereocenters. The Morgan fingerprint density at radius 2 is 1.73 bits per heavy atom. The van der Waals surface area contributed by atoms with Crippen LogP contribution in [0.15, 0.2) is 0 Å². The van der Waals surface area contributed by atoms with Gasteiger partial charge in [0.15, 0.2) is 0 Å². The van der Waals surface area contributed by atoms with Gasteiger partial charge >= 0.3 is 30.9 Å². The maximum absolute atomic E-state index is 2.81. The maximum atomic E-state index is 2.81. The van der Waals surface area contributed by atoms with Crippen molar-refractivity contribution in [2.45, 2.75) is 23.4 Å². The Hall–Kier alpha value is 2.58. The molecule has 0 aliphatic carbocycles. The fourth-order valence-electron chi connectivity index (χ4n) is 1.03. The van der Waals surface area contributed by atoms with Crippen LogP contribution in [0.4, 0.5) is 0 Å². The predicted molar refractivity (Wildman–Crippen MR) is 63.4 cm³/mol. The molecule has 1 atom stereocenters. The molecular weight excluding hydrogens is 211 g/mol. The summed E-state index contributed by atoms with van der Waals surface area (Å²) in [7, 11) is 0. The standard InChI is InChI=1S/C2H4N.2CH3.5Al.N.7H/c1-2-3;;;;;;;;;;;;;;;/h2H,1H3;2*1H3;;;;;;;;;;;;;. The Balaban J connectivity index is 3.58. The molecule has 0 heterocycles. The van der Waals surface area contributed by atoms with Crippen molar-refractivity contribution >= 4 is 79.3 Å². The minimum atomic E-state index is 0.154. The molecule has 2 nitrogen and oxygen atoms in total. The third-order valence-electron chi connectivity index (χ3n) is 2.37. The Morgan fingerprint density at radius 1 is 1.18 bits per heavy atom. The quantitative estimate of drug-likeness (QED) is 0.468. The van der Waals surface area contributed by atoms with E-state index in [0.717, 1.165) is 4.90 Å². The van der Waals surface area contributed by atoms with Gasteiger partial charge in [-0.3, -0.25) is 0 Å². The first-order valence-corrected chi connectivity index (χ1v) is 11.8. The summed E-state index contributed by atoms with van der Waals surface area (Å²) in [4.78, 5) is 1.00. The summed E-state index contributed by atoms with van der Waals surface area (Å²) in [6.45, 7) is 2.45. The van der Waals surface area contributed by atoms with Gasteiger partial charge in [0.2, 0.25) is 0 Å². The molecule has 0 radical (unpaired) electrons. The van der Waals surface area contributed by atoms with E-state index in [1.807, 2.05) is 0 Å². The van der Waals surface area contributed by atoms with E-state index in [2.05, 4.69) is 23.2 Å². The molecule has 0 aliphatic rings. The van der Waals surface area contributed by atoms with Crippen molar-refractivity contribution in [3.8, 4) is 0 Å². The summed E-state index contributed by atoms with van der Waals surface area (Å²) in [6.07, 6.45) is 0. The first-order chi connectivity index (χ1) is 5.11. The molecule has 7 heteroatoms. The Morgan fingerprint density at radius 3 is 2.09 bits per heavy atom. The molecule has 0 fully saturated rings. The lowest BCUT2D eigenvalue weighted by Gasteiger charge is -2.28. The fourth-order valence-corrected chi connectivity index (χ4v) is 8.19. The topological polar surface area (TPSA) is 6.48 Å². The van der Waals surface area contributed by atoms with Crippen LogP contribution in [0, 0.1) is 0 Å². The number of rotatable bonds is 5. The van der Waals surface area contributed by atoms with Gasteiger partial charge in [-0.15, -0.1) is 0 Å². The van der Waals surface area contributed by atoms with Gasteiger partial charge in [-0.2, -0.15) is 0 Å². The average molecular weight is 228 g/mol. The highest BCUT2D eigenvalue weighted by Gasteiger charge is 2.11. The van der Waals surface area contributed by atoms with Crippen molar-refractivity contribution in [2.24, 2.45) is 0 Å². The van der Waals surface area contributed by atoms with Gasteiger partial charge in [-0.1, -0.05) is 23.4 Å². The van der Waals surface area contributed by atoms with Crippen molar-refractivity contribution in [1.29, 1.82) is 0 Å². The number of hydrogen-bond donors (Lipinski definition) is 0. The van der Waals surface area contributed by atoms with Crippen molar-refractivity contribution in [3.05, 3.63) is 0 Å². The number of nitrogens with zero attached hydrogens (tertiary/aromatic N) is 2. The van der Waals surface area contributed by atoms with E-state index in [9.17, 15) is 0 Å². The van der Waals surface area contributed by atoms with E-state index in [1.54, 1.807) is 0 Å². The predicted octanol–water partition coefficient (Wildman–Crippen LogP) is -2.82. The lowest BCUT2D eigenvalue weighted by Crippen LogP contribution is -2.44. The second-order valence-corrected chi connectivity index (χ2v) is 16.3. The van der Waals surface area contributed by atoms with Gasteiger partial charge in [-0.05, 0) is 0 Å². The summed E-state index contributed by atoms with van der Waals surface area (Å²) in [5.74, 6) is 4.84. The zero-order chi connectivity index (χ0) is 8.85. The van der Waals surface area contributed by atoms with E-state index >= 15 is 0 Å². The van der Waals surface area contributed by atoms with Crippen LogP contribution in [0.1, 0.15) is 6.92 Å². The summed E-state index contributed by atoms with van der Waals surface area (Å²) >= 11 is 3.21. The SMILES string of the molecule is [CH3][AlH][N]([AlH2])[AlH][CH](C)[N]([AlH2])[AlH][CH3]. The van der Waals surface area contributed by atoms with Gasteiger partial charge in [0.25, 0.3) is 48.5 Å². The molecule has 0 aromatic carbocycles. The summed E-state index contributed by atoms with van der Waals surface area (Å²) in [6, 6.07) is 0. The smallest absolute Gasteiger partial charge is 0.320 e. The van der Waals surface area contributed by atoms with Gasteiger partial charge in [-0.25, -0.2) is 0 Å². The molecule has 0 rings (SSSR count). The molecule has 0 amide bonds. The Kier molecular flexibility index (Phi) is 9.80. The third kappa shape index (κ3) is 6.63. The van der Waals surface area contributed by atoms with Gasteiger partial charge in [0.1, 0.15) is 0 Å². The van der Waals surface area contributed by atoms with Crippen LogP contribution in [-0.2, 0) is 0 Å². The second-order valence-electron chi connectivity index (χ2n) is 3.28. The highest BCUT2D eigenvalue weighted by Crippen LogP contribution is 1.91. The lowest BCUT2D eigenvalue weighted by molar-refractivity contribution is 0.648. The van der Waals surface area contributed by atoms with E-state index in [1.165, 1.54) is 33.0 Å². The first-order valence-electron chi connectivity index (χ1n) is 4.50. The van der Waals surface area contributed by atoms with Crippen LogP contribution in [0.2, 0.25) is 11.6 Å². The summed E-state index contributed by atoms with van der Waals surface area (Å²) < 4.78 is 5.56.